The summed E-state index contributed by atoms with van der Waals surface area (Å²) >= 11 is 3.43. The van der Waals surface area contributed by atoms with E-state index in [0.29, 0.717) is 46.8 Å². The van der Waals surface area contributed by atoms with Crippen LogP contribution in [0, 0.1) is 5.92 Å². The number of carbonyl (C=O) groups excluding carboxylic acids is 1. The molecular weight excluding hydrogens is 532 g/mol. The van der Waals surface area contributed by atoms with E-state index in [0.717, 1.165) is 4.47 Å². The summed E-state index contributed by atoms with van der Waals surface area (Å²) in [6.45, 7) is 6.61. The number of nitrogens with one attached hydrogen (secondary N) is 1. The summed E-state index contributed by atoms with van der Waals surface area (Å²) in [6.07, 6.45) is 0.556. The molecule has 0 bridgehead atoms. The van der Waals surface area contributed by atoms with Gasteiger partial charge in [-0.15, -0.1) is 0 Å². The second-order valence-electron chi connectivity index (χ2n) is 9.21. The summed E-state index contributed by atoms with van der Waals surface area (Å²) in [6, 6.07) is 21.4. The molecule has 0 fully saturated rings. The van der Waals surface area contributed by atoms with Crippen molar-refractivity contribution in [2.24, 2.45) is 5.92 Å². The fraction of sp³-hybridized carbons (Fsp3) is 0.276. The van der Waals surface area contributed by atoms with Gasteiger partial charge in [-0.3, -0.25) is 9.36 Å². The lowest BCUT2D eigenvalue weighted by Gasteiger charge is -2.33. The Morgan fingerprint density at radius 3 is 2.41 bits per heavy atom. The lowest BCUT2D eigenvalue weighted by atomic mass is 10.1. The zero-order valence-corrected chi connectivity index (χ0v) is 23.0. The van der Waals surface area contributed by atoms with E-state index in [1.807, 2.05) is 73.7 Å². The quantitative estimate of drug-likeness (QED) is 0.256. The number of amides is 2. The van der Waals surface area contributed by atoms with Gasteiger partial charge in [-0.05, 0) is 60.9 Å². The number of methoxy groups -OCH3 is 1. The summed E-state index contributed by atoms with van der Waals surface area (Å²) in [4.78, 5) is 34.3. The van der Waals surface area contributed by atoms with Gasteiger partial charge in [-0.1, -0.05) is 61.0 Å². The predicted octanol–water partition coefficient (Wildman–Crippen LogP) is 6.80. The predicted molar refractivity (Wildman–Crippen MR) is 152 cm³/mol. The van der Waals surface area contributed by atoms with Crippen molar-refractivity contribution in [3.8, 4) is 11.4 Å². The number of nitrogens with zero attached hydrogens (tertiary/aromatic N) is 3. The number of para-hydroxylation sites is 3. The summed E-state index contributed by atoms with van der Waals surface area (Å²) in [7, 11) is 1.58. The lowest BCUT2D eigenvalue weighted by Crippen LogP contribution is -2.42. The molecule has 37 heavy (non-hydrogen) atoms. The number of hydrogen-bond donors (Lipinski definition) is 1. The minimum absolute atomic E-state index is 0.191. The maximum absolute atomic E-state index is 13.9. The van der Waals surface area contributed by atoms with Crippen molar-refractivity contribution in [1.82, 2.24) is 14.5 Å². The number of hydrogen-bond acceptors (Lipinski definition) is 4. The Hall–Kier alpha value is -3.65. The first-order valence-corrected chi connectivity index (χ1v) is 13.1. The minimum Gasteiger partial charge on any atom is -0.495 e. The van der Waals surface area contributed by atoms with E-state index < -0.39 is 6.04 Å². The van der Waals surface area contributed by atoms with E-state index in [1.165, 1.54) is 0 Å². The number of anilines is 1. The molecule has 0 aliphatic rings. The Morgan fingerprint density at radius 1 is 1.05 bits per heavy atom. The smallest absolute Gasteiger partial charge is 0.322 e. The summed E-state index contributed by atoms with van der Waals surface area (Å²) < 4.78 is 8.13. The van der Waals surface area contributed by atoms with Crippen molar-refractivity contribution in [3.63, 3.8) is 0 Å². The van der Waals surface area contributed by atoms with Crippen LogP contribution in [0.15, 0.2) is 82.1 Å². The Bertz CT molecular complexity index is 1450. The molecule has 0 saturated heterocycles. The molecule has 4 rings (SSSR count). The Balaban J connectivity index is 1.90. The molecule has 0 spiro atoms. The van der Waals surface area contributed by atoms with Gasteiger partial charge in [0.25, 0.3) is 5.56 Å². The van der Waals surface area contributed by atoms with Gasteiger partial charge in [0.05, 0.1) is 29.7 Å². The summed E-state index contributed by atoms with van der Waals surface area (Å²) in [5, 5.41) is 3.52. The second-order valence-corrected chi connectivity index (χ2v) is 10.1. The third-order valence-corrected chi connectivity index (χ3v) is 6.64. The van der Waals surface area contributed by atoms with E-state index in [1.54, 1.807) is 22.6 Å². The molecular formula is C29H31BrN4O3. The van der Waals surface area contributed by atoms with Gasteiger partial charge in [0.15, 0.2) is 0 Å². The summed E-state index contributed by atoms with van der Waals surface area (Å²) in [5.41, 5.74) is 1.65. The Labute approximate surface area is 225 Å². The Morgan fingerprint density at radius 2 is 1.73 bits per heavy atom. The highest BCUT2D eigenvalue weighted by Crippen LogP contribution is 2.30. The minimum atomic E-state index is -0.472. The van der Waals surface area contributed by atoms with Gasteiger partial charge >= 0.3 is 6.03 Å². The first-order valence-electron chi connectivity index (χ1n) is 12.3. The molecule has 0 aliphatic heterocycles. The van der Waals surface area contributed by atoms with Crippen molar-refractivity contribution in [3.05, 3.63) is 93.4 Å². The van der Waals surface area contributed by atoms with Crippen LogP contribution in [0.5, 0.6) is 5.75 Å². The van der Waals surface area contributed by atoms with Crippen LogP contribution in [0.4, 0.5) is 10.5 Å². The van der Waals surface area contributed by atoms with Gasteiger partial charge in [0.2, 0.25) is 0 Å². The van der Waals surface area contributed by atoms with Gasteiger partial charge in [-0.2, -0.15) is 0 Å². The molecule has 1 N–H and O–H groups in total. The third-order valence-electron chi connectivity index (χ3n) is 6.11. The number of urea groups is 1. The number of ether oxygens (including phenoxy) is 1. The van der Waals surface area contributed by atoms with Gasteiger partial charge in [0.1, 0.15) is 11.6 Å². The highest BCUT2D eigenvalue weighted by Gasteiger charge is 2.30. The van der Waals surface area contributed by atoms with Crippen LogP contribution in [0.1, 0.15) is 39.1 Å². The molecule has 2 amide bonds. The van der Waals surface area contributed by atoms with E-state index in [2.05, 4.69) is 35.1 Å². The van der Waals surface area contributed by atoms with Crippen molar-refractivity contribution < 1.29 is 9.53 Å². The summed E-state index contributed by atoms with van der Waals surface area (Å²) in [5.74, 6) is 1.23. The molecule has 7 nitrogen and oxygen atoms in total. The fourth-order valence-corrected chi connectivity index (χ4v) is 4.70. The number of rotatable bonds is 8. The zero-order chi connectivity index (χ0) is 26.5. The zero-order valence-electron chi connectivity index (χ0n) is 21.4. The average Bonchev–Trinajstić information content (AvgIpc) is 2.90. The monoisotopic (exact) mass is 562 g/mol. The van der Waals surface area contributed by atoms with Crippen molar-refractivity contribution in [1.29, 1.82) is 0 Å². The van der Waals surface area contributed by atoms with E-state index in [9.17, 15) is 9.59 Å². The van der Waals surface area contributed by atoms with E-state index in [4.69, 9.17) is 9.72 Å². The van der Waals surface area contributed by atoms with Crippen LogP contribution in [0.3, 0.4) is 0 Å². The molecule has 192 valence electrons. The first-order chi connectivity index (χ1) is 17.8. The molecule has 4 aromatic rings. The maximum atomic E-state index is 13.9. The molecule has 0 aliphatic carbocycles. The normalized spacial score (nSPS) is 11.9. The van der Waals surface area contributed by atoms with E-state index >= 15 is 0 Å². The van der Waals surface area contributed by atoms with Gasteiger partial charge < -0.3 is 15.0 Å². The second kappa shape index (κ2) is 11.6. The van der Waals surface area contributed by atoms with Crippen LogP contribution in [0.2, 0.25) is 0 Å². The number of benzene rings is 3. The molecule has 1 heterocycles. The molecule has 0 radical (unpaired) electrons. The maximum Gasteiger partial charge on any atom is 0.322 e. The van der Waals surface area contributed by atoms with E-state index in [-0.39, 0.29) is 17.5 Å². The van der Waals surface area contributed by atoms with Crippen LogP contribution >= 0.6 is 15.9 Å². The Kier molecular flexibility index (Phi) is 8.28. The average molecular weight is 563 g/mol. The van der Waals surface area contributed by atoms with Gasteiger partial charge in [0, 0.05) is 16.7 Å². The highest BCUT2D eigenvalue weighted by atomic mass is 79.9. The van der Waals surface area contributed by atoms with Crippen molar-refractivity contribution >= 4 is 38.6 Å². The SMILES string of the molecule is CCC(c1nc2ccccc2c(=O)n1-c1ccccc1OC)N(CC(C)C)C(=O)Nc1ccc(Br)cc1. The third kappa shape index (κ3) is 5.69. The standard InChI is InChI=1S/C29H31BrN4O3/c1-5-24(33(18-19(2)3)29(36)31-21-16-14-20(30)15-17-21)27-32-23-11-7-6-10-22(23)28(35)34(27)25-12-8-9-13-26(25)37-4/h6-17,19,24H,5,18H2,1-4H3,(H,31,36). The lowest BCUT2D eigenvalue weighted by molar-refractivity contribution is 0.171. The topological polar surface area (TPSA) is 76.5 Å². The highest BCUT2D eigenvalue weighted by molar-refractivity contribution is 9.10. The molecule has 1 aromatic heterocycles. The molecule has 1 atom stereocenters. The number of halogens is 1. The number of aromatic nitrogens is 2. The fourth-order valence-electron chi connectivity index (χ4n) is 4.44. The molecule has 3 aromatic carbocycles. The van der Waals surface area contributed by atoms with Gasteiger partial charge in [-0.25, -0.2) is 9.78 Å². The number of fused-ring (bicyclic) bond motifs is 1. The molecule has 1 unspecified atom stereocenters. The number of carbonyl (C=O) groups is 1. The van der Waals surface area contributed by atoms with Crippen molar-refractivity contribution in [2.45, 2.75) is 33.2 Å². The molecule has 0 saturated carbocycles. The molecule has 8 heteroatoms. The van der Waals surface area contributed by atoms with Crippen LogP contribution in [-0.2, 0) is 0 Å². The largest absolute Gasteiger partial charge is 0.495 e. The van der Waals surface area contributed by atoms with Crippen LogP contribution in [0.25, 0.3) is 16.6 Å². The van der Waals surface area contributed by atoms with Crippen LogP contribution in [-0.4, -0.2) is 34.1 Å². The first kappa shape index (κ1) is 26.4. The van der Waals surface area contributed by atoms with Crippen molar-refractivity contribution in [2.75, 3.05) is 19.0 Å². The van der Waals surface area contributed by atoms with Crippen LogP contribution < -0.4 is 15.6 Å².